The fourth-order valence-corrected chi connectivity index (χ4v) is 20.4. The van der Waals surface area contributed by atoms with Gasteiger partial charge in [0.1, 0.15) is 23.0 Å². The molecular weight excluding hydrogens is 1210 g/mol. The number of fused-ring (bicyclic) bond motifs is 2. The maximum atomic E-state index is 6.45. The van der Waals surface area contributed by atoms with Crippen LogP contribution in [0.4, 0.5) is 0 Å². The summed E-state index contributed by atoms with van der Waals surface area (Å²) in [7, 11) is 5.42. The van der Waals surface area contributed by atoms with Gasteiger partial charge in [-0.1, -0.05) is 123 Å². The smallest absolute Gasteiger partial charge is 0.135 e. The summed E-state index contributed by atoms with van der Waals surface area (Å²) in [5, 5.41) is 8.90. The van der Waals surface area contributed by atoms with Crippen molar-refractivity contribution in [3.8, 4) is 23.0 Å². The molecule has 4 aromatic rings. The van der Waals surface area contributed by atoms with Gasteiger partial charge in [-0.05, 0) is 286 Å². The minimum Gasteiger partial charge on any atom is -0.496 e. The van der Waals surface area contributed by atoms with E-state index in [1.54, 1.807) is 5.31 Å². The summed E-state index contributed by atoms with van der Waals surface area (Å²) in [5.74, 6) is 5.31. The number of aryl methyl sites for hydroxylation is 6. The SMILES string of the molecule is CCCCc1cc(P(C2=CC3C(=C2C2=C(P(c4cc(I)c(OC)c(CCCC)c4)c4cc(CCCC)c(OC)c(CCCC)c4)CC4C=CC=C24)C=CC3C)c2cc(CCCC)c(OC)c(CCCC)c2)cc(I)c1OC. The Bertz CT molecular complexity index is 2880. The molecule has 0 spiro atoms. The van der Waals surface area contributed by atoms with Gasteiger partial charge in [0.15, 0.2) is 0 Å². The van der Waals surface area contributed by atoms with E-state index in [1.807, 2.05) is 28.4 Å². The monoisotopic (exact) mass is 1300 g/mol. The molecule has 0 aliphatic heterocycles. The summed E-state index contributed by atoms with van der Waals surface area (Å²) >= 11 is 5.17. The van der Waals surface area contributed by atoms with E-state index in [9.17, 15) is 0 Å². The Morgan fingerprint density at radius 1 is 0.481 bits per heavy atom. The first kappa shape index (κ1) is 59.9. The van der Waals surface area contributed by atoms with Crippen LogP contribution in [0.15, 0.2) is 118 Å². The van der Waals surface area contributed by atoms with E-state index in [4.69, 9.17) is 18.9 Å². The summed E-state index contributed by atoms with van der Waals surface area (Å²) in [6.07, 6.45) is 35.9. The van der Waals surface area contributed by atoms with E-state index in [0.29, 0.717) is 17.8 Å². The van der Waals surface area contributed by atoms with E-state index < -0.39 is 15.8 Å². The molecule has 4 aliphatic rings. The van der Waals surface area contributed by atoms with Crippen LogP contribution in [0.25, 0.3) is 0 Å². The number of unbranched alkanes of at least 4 members (excludes halogenated alkanes) is 6. The minimum absolute atomic E-state index is 0.304. The first-order valence-electron chi connectivity index (χ1n) is 29.5. The van der Waals surface area contributed by atoms with Gasteiger partial charge < -0.3 is 18.9 Å². The Morgan fingerprint density at radius 3 is 1.26 bits per heavy atom. The molecule has 0 saturated carbocycles. The number of hydrogen-bond acceptors (Lipinski definition) is 4. The van der Waals surface area contributed by atoms with Crippen molar-refractivity contribution < 1.29 is 18.9 Å². The fourth-order valence-electron chi connectivity index (χ4n) is 12.5. The standard InChI is InChI=1S/C69H88I2O4P2/c1-12-18-25-47-35-53(36-48(26-19-13-2)66(47)72-8)76(55-39-51(29-22-16-5)68(74-10)60(70)42-55)62-41-46-31-24-32-57(46)64(62)65-58-34-33-45(7)59(58)44-63(65)77(56-40-52(30-23-17-6)69(75-11)61(71)43-56)54-37-49(27-20-14-3)67(73-9)50(38-54)28-21-15-4/h24,31-40,42-46,59H,12-23,25-30,41H2,1-11H3. The highest BCUT2D eigenvalue weighted by Crippen LogP contribution is 2.65. The van der Waals surface area contributed by atoms with Crippen molar-refractivity contribution in [2.45, 2.75) is 170 Å². The molecule has 0 saturated heterocycles. The van der Waals surface area contributed by atoms with Crippen LogP contribution in [0.3, 0.4) is 0 Å². The zero-order valence-corrected chi connectivity index (χ0v) is 54.6. The fraction of sp³-hybridized carbons (Fsp3) is 0.478. The van der Waals surface area contributed by atoms with Crippen LogP contribution >= 0.6 is 61.0 Å². The molecule has 4 aliphatic carbocycles. The third-order valence-corrected chi connectivity index (χ3v) is 23.0. The Morgan fingerprint density at radius 2 is 0.857 bits per heavy atom. The predicted octanol–water partition coefficient (Wildman–Crippen LogP) is 18.3. The summed E-state index contributed by atoms with van der Waals surface area (Å²) in [6.45, 7) is 16.3. The molecule has 0 amide bonds. The molecule has 412 valence electrons. The number of ether oxygens (including phenoxy) is 4. The van der Waals surface area contributed by atoms with E-state index in [-0.39, 0.29) is 0 Å². The van der Waals surface area contributed by atoms with Gasteiger partial charge in [0, 0.05) is 11.8 Å². The van der Waals surface area contributed by atoms with Crippen molar-refractivity contribution in [2.75, 3.05) is 28.4 Å². The quantitative estimate of drug-likeness (QED) is 0.0401. The van der Waals surface area contributed by atoms with Crippen molar-refractivity contribution in [3.63, 3.8) is 0 Å². The molecule has 0 radical (unpaired) electrons. The molecule has 0 fully saturated rings. The molecule has 4 aromatic carbocycles. The molecule has 77 heavy (non-hydrogen) atoms. The molecular formula is C69H88I2O4P2. The molecule has 0 aromatic heterocycles. The van der Waals surface area contributed by atoms with Crippen LogP contribution in [-0.2, 0) is 38.5 Å². The lowest BCUT2D eigenvalue weighted by molar-refractivity contribution is 0.403. The average Bonchev–Trinajstić information content (AvgIpc) is 4.39. The van der Waals surface area contributed by atoms with Gasteiger partial charge in [0.05, 0.1) is 35.6 Å². The predicted molar refractivity (Wildman–Crippen MR) is 351 cm³/mol. The van der Waals surface area contributed by atoms with E-state index >= 15 is 0 Å². The summed E-state index contributed by atoms with van der Waals surface area (Å²) in [4.78, 5) is 0. The van der Waals surface area contributed by atoms with Crippen LogP contribution in [0, 0.1) is 24.9 Å². The zero-order chi connectivity index (χ0) is 54.8. The number of allylic oxidation sites excluding steroid dienone is 12. The Balaban J connectivity index is 1.49. The highest BCUT2D eigenvalue weighted by Gasteiger charge is 2.44. The second kappa shape index (κ2) is 28.5. The molecule has 4 nitrogen and oxygen atoms in total. The van der Waals surface area contributed by atoms with Gasteiger partial charge in [-0.2, -0.15) is 0 Å². The number of benzene rings is 4. The summed E-state index contributed by atoms with van der Waals surface area (Å²) in [5.41, 5.74) is 14.1. The largest absolute Gasteiger partial charge is 0.496 e. The third-order valence-electron chi connectivity index (χ3n) is 16.5. The second-order valence-electron chi connectivity index (χ2n) is 21.9. The highest BCUT2D eigenvalue weighted by molar-refractivity contribution is 14.1. The number of rotatable bonds is 29. The van der Waals surface area contributed by atoms with E-state index in [0.717, 1.165) is 145 Å². The summed E-state index contributed by atoms with van der Waals surface area (Å²) < 4.78 is 27.9. The van der Waals surface area contributed by atoms with E-state index in [2.05, 4.69) is 179 Å². The van der Waals surface area contributed by atoms with Gasteiger partial charge in [-0.15, -0.1) is 0 Å². The average molecular weight is 1300 g/mol. The number of halogens is 2. The normalized spacial score (nSPS) is 18.3. The van der Waals surface area contributed by atoms with Crippen molar-refractivity contribution in [1.82, 2.24) is 0 Å². The Hall–Kier alpha value is -3.16. The maximum Gasteiger partial charge on any atom is 0.135 e. The van der Waals surface area contributed by atoms with Crippen LogP contribution in [0.1, 0.15) is 165 Å². The van der Waals surface area contributed by atoms with Gasteiger partial charge in [-0.25, -0.2) is 0 Å². The van der Waals surface area contributed by atoms with Gasteiger partial charge in [-0.3, -0.25) is 0 Å². The van der Waals surface area contributed by atoms with Gasteiger partial charge in [0.25, 0.3) is 0 Å². The molecule has 5 unspecified atom stereocenters. The molecule has 0 heterocycles. The van der Waals surface area contributed by atoms with Crippen molar-refractivity contribution in [2.24, 2.45) is 17.8 Å². The number of methoxy groups -OCH3 is 4. The van der Waals surface area contributed by atoms with Crippen molar-refractivity contribution >= 4 is 82.2 Å². The molecule has 5 atom stereocenters. The van der Waals surface area contributed by atoms with Crippen LogP contribution in [0.5, 0.6) is 23.0 Å². The second-order valence-corrected chi connectivity index (χ2v) is 28.6. The van der Waals surface area contributed by atoms with Crippen molar-refractivity contribution in [3.05, 3.63) is 158 Å². The van der Waals surface area contributed by atoms with Crippen molar-refractivity contribution in [1.29, 1.82) is 0 Å². The molecule has 8 rings (SSSR count). The highest BCUT2D eigenvalue weighted by atomic mass is 127. The molecule has 0 N–H and O–H groups in total. The topological polar surface area (TPSA) is 36.9 Å². The van der Waals surface area contributed by atoms with Crippen LogP contribution in [-0.4, -0.2) is 28.4 Å². The number of hydrogen-bond donors (Lipinski definition) is 0. The minimum atomic E-state index is -1.07. The first-order chi connectivity index (χ1) is 37.5. The Labute approximate surface area is 495 Å². The maximum absolute atomic E-state index is 6.45. The van der Waals surface area contributed by atoms with E-state index in [1.165, 1.54) is 89.3 Å². The van der Waals surface area contributed by atoms with Crippen LogP contribution < -0.4 is 40.2 Å². The third kappa shape index (κ3) is 13.0. The lowest BCUT2D eigenvalue weighted by Crippen LogP contribution is -2.19. The first-order valence-corrected chi connectivity index (χ1v) is 34.4. The molecule has 0 bridgehead atoms. The summed E-state index contributed by atoms with van der Waals surface area (Å²) in [6, 6.07) is 20.5. The lowest BCUT2D eigenvalue weighted by Gasteiger charge is -2.30. The van der Waals surface area contributed by atoms with Gasteiger partial charge in [0.2, 0.25) is 0 Å². The zero-order valence-electron chi connectivity index (χ0n) is 48.5. The van der Waals surface area contributed by atoms with Gasteiger partial charge >= 0.3 is 0 Å². The lowest BCUT2D eigenvalue weighted by atomic mass is 9.92. The molecule has 8 heteroatoms. The van der Waals surface area contributed by atoms with Crippen LogP contribution in [0.2, 0.25) is 0 Å². The Kier molecular flexibility index (Phi) is 22.2.